The SMILES string of the molecule is CCN1CCNCC12CCOC2. The van der Waals surface area contributed by atoms with Crippen molar-refractivity contribution in [1.29, 1.82) is 0 Å². The lowest BCUT2D eigenvalue weighted by Gasteiger charge is -2.43. The van der Waals surface area contributed by atoms with Crippen LogP contribution in [0.3, 0.4) is 0 Å². The highest BCUT2D eigenvalue weighted by atomic mass is 16.5. The Morgan fingerprint density at radius 1 is 1.58 bits per heavy atom. The van der Waals surface area contributed by atoms with Crippen LogP contribution >= 0.6 is 0 Å². The third-order valence-electron chi connectivity index (χ3n) is 3.15. The summed E-state index contributed by atoms with van der Waals surface area (Å²) in [6.45, 7) is 8.69. The lowest BCUT2D eigenvalue weighted by molar-refractivity contribution is 0.0496. The van der Waals surface area contributed by atoms with Crippen LogP contribution in [-0.2, 0) is 4.74 Å². The van der Waals surface area contributed by atoms with E-state index in [9.17, 15) is 0 Å². The molecule has 2 aliphatic heterocycles. The molecule has 0 amide bonds. The lowest BCUT2D eigenvalue weighted by Crippen LogP contribution is -2.61. The molecule has 12 heavy (non-hydrogen) atoms. The van der Waals surface area contributed by atoms with Gasteiger partial charge in [-0.25, -0.2) is 0 Å². The van der Waals surface area contributed by atoms with Crippen molar-refractivity contribution in [3.05, 3.63) is 0 Å². The second-order valence-electron chi connectivity index (χ2n) is 3.78. The average Bonchev–Trinajstić information content (AvgIpc) is 2.55. The third kappa shape index (κ3) is 1.26. The molecule has 2 fully saturated rings. The maximum atomic E-state index is 5.49. The van der Waals surface area contributed by atoms with Gasteiger partial charge in [-0.1, -0.05) is 6.92 Å². The van der Waals surface area contributed by atoms with Gasteiger partial charge in [-0.3, -0.25) is 4.90 Å². The van der Waals surface area contributed by atoms with Gasteiger partial charge in [-0.15, -0.1) is 0 Å². The van der Waals surface area contributed by atoms with E-state index in [-0.39, 0.29) is 0 Å². The smallest absolute Gasteiger partial charge is 0.0663 e. The summed E-state index contributed by atoms with van der Waals surface area (Å²) in [4.78, 5) is 2.57. The quantitative estimate of drug-likeness (QED) is 0.603. The van der Waals surface area contributed by atoms with Crippen molar-refractivity contribution in [2.45, 2.75) is 18.9 Å². The number of piperazine rings is 1. The minimum absolute atomic E-state index is 0.340. The summed E-state index contributed by atoms with van der Waals surface area (Å²) in [6, 6.07) is 0. The highest BCUT2D eigenvalue weighted by molar-refractivity contribution is 4.98. The van der Waals surface area contributed by atoms with Crippen molar-refractivity contribution in [1.82, 2.24) is 10.2 Å². The van der Waals surface area contributed by atoms with Crippen LogP contribution in [-0.4, -0.2) is 49.8 Å². The van der Waals surface area contributed by atoms with E-state index in [1.165, 1.54) is 13.0 Å². The Bertz CT molecular complexity index is 155. The molecule has 2 heterocycles. The van der Waals surface area contributed by atoms with Gasteiger partial charge in [0.15, 0.2) is 0 Å². The van der Waals surface area contributed by atoms with E-state index in [1.54, 1.807) is 0 Å². The van der Waals surface area contributed by atoms with Crippen LogP contribution in [0.1, 0.15) is 13.3 Å². The molecular formula is C9H18N2O. The Kier molecular flexibility index (Phi) is 2.35. The summed E-state index contributed by atoms with van der Waals surface area (Å²) in [6.07, 6.45) is 1.20. The van der Waals surface area contributed by atoms with E-state index in [1.807, 2.05) is 0 Å². The monoisotopic (exact) mass is 170 g/mol. The summed E-state index contributed by atoms with van der Waals surface area (Å²) < 4.78 is 5.49. The van der Waals surface area contributed by atoms with E-state index in [0.29, 0.717) is 5.54 Å². The largest absolute Gasteiger partial charge is 0.379 e. The molecule has 0 aromatic rings. The number of nitrogens with zero attached hydrogens (tertiary/aromatic N) is 1. The highest BCUT2D eigenvalue weighted by Gasteiger charge is 2.41. The van der Waals surface area contributed by atoms with Gasteiger partial charge >= 0.3 is 0 Å². The van der Waals surface area contributed by atoms with E-state index < -0.39 is 0 Å². The molecule has 3 heteroatoms. The van der Waals surface area contributed by atoms with Gasteiger partial charge < -0.3 is 10.1 Å². The topological polar surface area (TPSA) is 24.5 Å². The van der Waals surface area contributed by atoms with Crippen LogP contribution < -0.4 is 5.32 Å². The predicted octanol–water partition coefficient (Wildman–Crippen LogP) is 0.0706. The molecule has 0 aromatic heterocycles. The standard InChI is InChI=1S/C9H18N2O/c1-2-11-5-4-10-7-9(11)3-6-12-8-9/h10H,2-8H2,1H3. The molecule has 0 aromatic carbocycles. The van der Waals surface area contributed by atoms with Gasteiger partial charge in [-0.2, -0.15) is 0 Å². The number of likely N-dealkylation sites (N-methyl/N-ethyl adjacent to an activating group) is 1. The molecule has 1 atom stereocenters. The van der Waals surface area contributed by atoms with Crippen molar-refractivity contribution in [3.63, 3.8) is 0 Å². The number of nitrogens with one attached hydrogen (secondary N) is 1. The van der Waals surface area contributed by atoms with Crippen LogP contribution in [0.25, 0.3) is 0 Å². The summed E-state index contributed by atoms with van der Waals surface area (Å²) >= 11 is 0. The van der Waals surface area contributed by atoms with Gasteiger partial charge in [0.25, 0.3) is 0 Å². The normalized spacial score (nSPS) is 37.8. The van der Waals surface area contributed by atoms with Crippen LogP contribution in [0.5, 0.6) is 0 Å². The Labute approximate surface area is 74.1 Å². The van der Waals surface area contributed by atoms with Crippen molar-refractivity contribution in [2.75, 3.05) is 39.4 Å². The minimum Gasteiger partial charge on any atom is -0.379 e. The molecule has 0 radical (unpaired) electrons. The molecule has 2 aliphatic rings. The highest BCUT2D eigenvalue weighted by Crippen LogP contribution is 2.26. The zero-order chi connectivity index (χ0) is 8.44. The van der Waals surface area contributed by atoms with E-state index >= 15 is 0 Å². The number of hydrogen-bond acceptors (Lipinski definition) is 3. The summed E-state index contributed by atoms with van der Waals surface area (Å²) in [5.41, 5.74) is 0.340. The van der Waals surface area contributed by atoms with Crippen molar-refractivity contribution in [2.24, 2.45) is 0 Å². The second kappa shape index (κ2) is 3.32. The minimum atomic E-state index is 0.340. The van der Waals surface area contributed by atoms with Gasteiger partial charge in [0.05, 0.1) is 12.1 Å². The molecule has 2 rings (SSSR count). The Balaban J connectivity index is 2.07. The number of ether oxygens (including phenoxy) is 1. The maximum absolute atomic E-state index is 5.49. The summed E-state index contributed by atoms with van der Waals surface area (Å²) in [5.74, 6) is 0. The van der Waals surface area contributed by atoms with Crippen molar-refractivity contribution in [3.8, 4) is 0 Å². The average molecular weight is 170 g/mol. The fourth-order valence-electron chi connectivity index (χ4n) is 2.36. The predicted molar refractivity (Wildman–Crippen MR) is 48.3 cm³/mol. The molecule has 1 spiro atoms. The third-order valence-corrected chi connectivity index (χ3v) is 3.15. The fourth-order valence-corrected chi connectivity index (χ4v) is 2.36. The van der Waals surface area contributed by atoms with Gasteiger partial charge in [0.2, 0.25) is 0 Å². The van der Waals surface area contributed by atoms with Gasteiger partial charge in [0.1, 0.15) is 0 Å². The molecule has 1 unspecified atom stereocenters. The first-order valence-electron chi connectivity index (χ1n) is 4.91. The Morgan fingerprint density at radius 2 is 2.50 bits per heavy atom. The van der Waals surface area contributed by atoms with E-state index in [0.717, 1.165) is 32.8 Å². The lowest BCUT2D eigenvalue weighted by atomic mass is 9.94. The van der Waals surface area contributed by atoms with E-state index in [2.05, 4.69) is 17.1 Å². The molecule has 1 N–H and O–H groups in total. The zero-order valence-electron chi connectivity index (χ0n) is 7.81. The first kappa shape index (κ1) is 8.48. The van der Waals surface area contributed by atoms with Gasteiger partial charge in [-0.05, 0) is 13.0 Å². The second-order valence-corrected chi connectivity index (χ2v) is 3.78. The fraction of sp³-hybridized carbons (Fsp3) is 1.00. The first-order valence-corrected chi connectivity index (χ1v) is 4.91. The van der Waals surface area contributed by atoms with Crippen molar-refractivity contribution >= 4 is 0 Å². The summed E-state index contributed by atoms with van der Waals surface area (Å²) in [7, 11) is 0. The first-order chi connectivity index (χ1) is 5.87. The maximum Gasteiger partial charge on any atom is 0.0663 e. The van der Waals surface area contributed by atoms with Crippen LogP contribution in [0, 0.1) is 0 Å². The number of hydrogen-bond donors (Lipinski definition) is 1. The summed E-state index contributed by atoms with van der Waals surface area (Å²) in [5, 5.41) is 3.46. The molecule has 0 saturated carbocycles. The van der Waals surface area contributed by atoms with Gasteiger partial charge in [0, 0.05) is 26.2 Å². The van der Waals surface area contributed by atoms with Crippen LogP contribution in [0.4, 0.5) is 0 Å². The molecule has 0 bridgehead atoms. The molecule has 70 valence electrons. The number of rotatable bonds is 1. The Hall–Kier alpha value is -0.120. The zero-order valence-corrected chi connectivity index (χ0v) is 7.81. The molecular weight excluding hydrogens is 152 g/mol. The van der Waals surface area contributed by atoms with E-state index in [4.69, 9.17) is 4.74 Å². The Morgan fingerprint density at radius 3 is 3.17 bits per heavy atom. The molecule has 3 nitrogen and oxygen atoms in total. The van der Waals surface area contributed by atoms with Crippen LogP contribution in [0.15, 0.2) is 0 Å². The van der Waals surface area contributed by atoms with Crippen molar-refractivity contribution < 1.29 is 4.74 Å². The van der Waals surface area contributed by atoms with Crippen LogP contribution in [0.2, 0.25) is 0 Å². The molecule has 2 saturated heterocycles. The molecule has 0 aliphatic carbocycles.